The van der Waals surface area contributed by atoms with Gasteiger partial charge in [-0.15, -0.1) is 0 Å². The Kier molecular flexibility index (Phi) is 2.72. The fourth-order valence-corrected chi connectivity index (χ4v) is 2.03. The molecule has 5 nitrogen and oxygen atoms in total. The maximum Gasteiger partial charge on any atom is 0.220 e. The van der Waals surface area contributed by atoms with Crippen molar-refractivity contribution in [1.29, 1.82) is 0 Å². The number of para-hydroxylation sites is 1. The van der Waals surface area contributed by atoms with E-state index in [2.05, 4.69) is 15.0 Å². The molecule has 2 aromatic heterocycles. The maximum absolute atomic E-state index is 5.69. The highest BCUT2D eigenvalue weighted by molar-refractivity contribution is 5.72. The van der Waals surface area contributed by atoms with E-state index in [1.807, 2.05) is 42.0 Å². The average Bonchev–Trinajstić information content (AvgIpc) is 2.95. The van der Waals surface area contributed by atoms with Crippen LogP contribution in [0.4, 0.5) is 5.95 Å². The van der Waals surface area contributed by atoms with Gasteiger partial charge in [-0.3, -0.25) is 0 Å². The number of aromatic nitrogens is 4. The summed E-state index contributed by atoms with van der Waals surface area (Å²) in [4.78, 5) is 12.4. The maximum atomic E-state index is 5.69. The lowest BCUT2D eigenvalue weighted by Gasteiger charge is -2.11. The van der Waals surface area contributed by atoms with Crippen molar-refractivity contribution in [1.82, 2.24) is 19.5 Å². The Morgan fingerprint density at radius 3 is 2.84 bits per heavy atom. The first-order valence-electron chi connectivity index (χ1n) is 5.92. The van der Waals surface area contributed by atoms with E-state index in [1.165, 1.54) is 0 Å². The second-order valence-corrected chi connectivity index (χ2v) is 4.25. The van der Waals surface area contributed by atoms with Crippen molar-refractivity contribution >= 4 is 5.95 Å². The van der Waals surface area contributed by atoms with Gasteiger partial charge in [0.25, 0.3) is 0 Å². The predicted octanol–water partition coefficient (Wildman–Crippen LogP) is 2.22. The predicted molar refractivity (Wildman–Crippen MR) is 73.7 cm³/mol. The van der Waals surface area contributed by atoms with E-state index in [-0.39, 0.29) is 5.95 Å². The summed E-state index contributed by atoms with van der Waals surface area (Å²) >= 11 is 0. The largest absolute Gasteiger partial charge is 0.368 e. The van der Waals surface area contributed by atoms with Gasteiger partial charge in [-0.05, 0) is 18.6 Å². The van der Waals surface area contributed by atoms with E-state index in [9.17, 15) is 0 Å². The summed E-state index contributed by atoms with van der Waals surface area (Å²) in [5, 5.41) is 0. The van der Waals surface area contributed by atoms with Gasteiger partial charge in [0.05, 0.1) is 17.7 Å². The van der Waals surface area contributed by atoms with Crippen molar-refractivity contribution in [3.63, 3.8) is 0 Å². The first kappa shape index (κ1) is 11.4. The number of nitrogens with two attached hydrogens (primary N) is 1. The van der Waals surface area contributed by atoms with Gasteiger partial charge in [0, 0.05) is 24.2 Å². The Labute approximate surface area is 110 Å². The normalized spacial score (nSPS) is 10.6. The van der Waals surface area contributed by atoms with Gasteiger partial charge in [-0.1, -0.05) is 18.2 Å². The van der Waals surface area contributed by atoms with Gasteiger partial charge in [-0.2, -0.15) is 0 Å². The molecule has 0 unspecified atom stereocenters. The molecule has 0 aliphatic rings. The molecule has 0 radical (unpaired) electrons. The van der Waals surface area contributed by atoms with Crippen LogP contribution in [0.2, 0.25) is 0 Å². The van der Waals surface area contributed by atoms with Crippen LogP contribution < -0.4 is 5.73 Å². The van der Waals surface area contributed by atoms with E-state index >= 15 is 0 Å². The molecule has 3 aromatic rings. The van der Waals surface area contributed by atoms with Gasteiger partial charge in [0.2, 0.25) is 5.95 Å². The van der Waals surface area contributed by atoms with E-state index in [0.29, 0.717) is 0 Å². The van der Waals surface area contributed by atoms with Crippen molar-refractivity contribution in [2.45, 2.75) is 6.92 Å². The summed E-state index contributed by atoms with van der Waals surface area (Å²) in [6, 6.07) is 8.01. The molecule has 0 saturated carbocycles. The Bertz CT molecular complexity index is 704. The number of imidazole rings is 1. The van der Waals surface area contributed by atoms with Crippen LogP contribution in [0.15, 0.2) is 49.2 Å². The SMILES string of the molecule is Cc1cnc(N)nc1-c1ccccc1-n1ccnc1. The van der Waals surface area contributed by atoms with Crippen LogP contribution in [0.1, 0.15) is 5.56 Å². The highest BCUT2D eigenvalue weighted by Crippen LogP contribution is 2.27. The molecule has 3 rings (SSSR count). The average molecular weight is 251 g/mol. The summed E-state index contributed by atoms with van der Waals surface area (Å²) in [7, 11) is 0. The lowest BCUT2D eigenvalue weighted by atomic mass is 10.1. The molecule has 0 spiro atoms. The number of hydrogen-bond donors (Lipinski definition) is 1. The molecule has 19 heavy (non-hydrogen) atoms. The molecular formula is C14H13N5. The number of rotatable bonds is 2. The number of nitrogens with zero attached hydrogens (tertiary/aromatic N) is 4. The van der Waals surface area contributed by atoms with E-state index < -0.39 is 0 Å². The minimum atomic E-state index is 0.279. The minimum absolute atomic E-state index is 0.279. The van der Waals surface area contributed by atoms with E-state index in [4.69, 9.17) is 5.73 Å². The molecule has 0 aliphatic carbocycles. The van der Waals surface area contributed by atoms with Gasteiger partial charge < -0.3 is 10.3 Å². The van der Waals surface area contributed by atoms with Crippen molar-refractivity contribution in [3.05, 3.63) is 54.7 Å². The third kappa shape index (κ3) is 2.06. The van der Waals surface area contributed by atoms with Crippen LogP contribution in [0.5, 0.6) is 0 Å². The first-order chi connectivity index (χ1) is 9.25. The third-order valence-corrected chi connectivity index (χ3v) is 2.93. The fourth-order valence-electron chi connectivity index (χ4n) is 2.03. The van der Waals surface area contributed by atoms with E-state index in [0.717, 1.165) is 22.5 Å². The monoisotopic (exact) mass is 251 g/mol. The van der Waals surface area contributed by atoms with Gasteiger partial charge >= 0.3 is 0 Å². The standard InChI is InChI=1S/C14H13N5/c1-10-8-17-14(15)18-13(10)11-4-2-3-5-12(11)19-7-6-16-9-19/h2-9H,1H3,(H2,15,17,18). The zero-order valence-corrected chi connectivity index (χ0v) is 10.5. The van der Waals surface area contributed by atoms with Crippen molar-refractivity contribution in [2.24, 2.45) is 0 Å². The second-order valence-electron chi connectivity index (χ2n) is 4.25. The van der Waals surface area contributed by atoms with Crippen LogP contribution in [0.3, 0.4) is 0 Å². The Balaban J connectivity index is 2.23. The summed E-state index contributed by atoms with van der Waals surface area (Å²) < 4.78 is 1.95. The van der Waals surface area contributed by atoms with Crippen molar-refractivity contribution in [2.75, 3.05) is 5.73 Å². The topological polar surface area (TPSA) is 69.6 Å². The molecule has 0 atom stereocenters. The third-order valence-electron chi connectivity index (χ3n) is 2.93. The molecule has 1 aromatic carbocycles. The van der Waals surface area contributed by atoms with Crippen LogP contribution >= 0.6 is 0 Å². The Morgan fingerprint density at radius 2 is 2.05 bits per heavy atom. The van der Waals surface area contributed by atoms with Crippen LogP contribution in [0, 0.1) is 6.92 Å². The molecule has 0 saturated heterocycles. The Morgan fingerprint density at radius 1 is 1.21 bits per heavy atom. The molecule has 2 N–H and O–H groups in total. The second kappa shape index (κ2) is 4.53. The van der Waals surface area contributed by atoms with Gasteiger partial charge in [-0.25, -0.2) is 15.0 Å². The highest BCUT2D eigenvalue weighted by atomic mass is 15.0. The van der Waals surface area contributed by atoms with Gasteiger partial charge in [0.1, 0.15) is 0 Å². The quantitative estimate of drug-likeness (QED) is 0.758. The lowest BCUT2D eigenvalue weighted by Crippen LogP contribution is -2.01. The van der Waals surface area contributed by atoms with Crippen molar-refractivity contribution < 1.29 is 0 Å². The summed E-state index contributed by atoms with van der Waals surface area (Å²) in [6.45, 7) is 1.97. The number of hydrogen-bond acceptors (Lipinski definition) is 4. The molecule has 0 amide bonds. The number of aryl methyl sites for hydroxylation is 1. The zero-order chi connectivity index (χ0) is 13.2. The minimum Gasteiger partial charge on any atom is -0.368 e. The molecule has 5 heteroatoms. The Hall–Kier alpha value is -2.69. The van der Waals surface area contributed by atoms with Crippen LogP contribution in [-0.2, 0) is 0 Å². The molecule has 2 heterocycles. The summed E-state index contributed by atoms with van der Waals surface area (Å²) in [6.07, 6.45) is 7.15. The number of anilines is 1. The molecule has 0 fully saturated rings. The summed E-state index contributed by atoms with van der Waals surface area (Å²) in [5.41, 5.74) is 9.55. The smallest absolute Gasteiger partial charge is 0.220 e. The fraction of sp³-hybridized carbons (Fsp3) is 0.0714. The molecule has 0 aliphatic heterocycles. The number of benzene rings is 1. The molecular weight excluding hydrogens is 238 g/mol. The summed E-state index contributed by atoms with van der Waals surface area (Å²) in [5.74, 6) is 0.279. The highest BCUT2D eigenvalue weighted by Gasteiger charge is 2.10. The zero-order valence-electron chi connectivity index (χ0n) is 10.5. The first-order valence-corrected chi connectivity index (χ1v) is 5.92. The van der Waals surface area contributed by atoms with Crippen LogP contribution in [0.25, 0.3) is 16.9 Å². The van der Waals surface area contributed by atoms with E-state index in [1.54, 1.807) is 18.7 Å². The molecule has 94 valence electrons. The van der Waals surface area contributed by atoms with Crippen LogP contribution in [-0.4, -0.2) is 19.5 Å². The number of nitrogen functional groups attached to an aromatic ring is 1. The lowest BCUT2D eigenvalue weighted by molar-refractivity contribution is 1.05. The molecule has 0 bridgehead atoms. The van der Waals surface area contributed by atoms with Crippen molar-refractivity contribution in [3.8, 4) is 16.9 Å². The van der Waals surface area contributed by atoms with Gasteiger partial charge in [0.15, 0.2) is 0 Å².